The van der Waals surface area contributed by atoms with Gasteiger partial charge in [-0.3, -0.25) is 5.32 Å². The fourth-order valence-corrected chi connectivity index (χ4v) is 4.77. The van der Waals surface area contributed by atoms with Crippen molar-refractivity contribution in [1.29, 1.82) is 0 Å². The first kappa shape index (κ1) is 21.0. The summed E-state index contributed by atoms with van der Waals surface area (Å²) in [5, 5.41) is 15.0. The molecule has 8 heteroatoms. The monoisotopic (exact) mass is 450 g/mol. The minimum Gasteiger partial charge on any atom is -0.307 e. The third-order valence-corrected chi connectivity index (χ3v) is 6.49. The Labute approximate surface area is 187 Å². The van der Waals surface area contributed by atoms with Crippen molar-refractivity contribution in [3.05, 3.63) is 89.7 Å². The van der Waals surface area contributed by atoms with Crippen molar-refractivity contribution in [1.82, 2.24) is 10.2 Å². The highest BCUT2D eigenvalue weighted by molar-refractivity contribution is 7.98. The molecule has 4 rings (SSSR count). The number of thioether (sulfide) groups is 1. The van der Waals surface area contributed by atoms with Crippen LogP contribution in [0.15, 0.2) is 77.7 Å². The van der Waals surface area contributed by atoms with Gasteiger partial charge in [-0.05, 0) is 36.2 Å². The van der Waals surface area contributed by atoms with E-state index in [9.17, 15) is 9.18 Å². The predicted octanol–water partition coefficient (Wildman–Crippen LogP) is 6.59. The number of carbonyl (C=O) groups excluding carboxylic acids is 1. The molecule has 1 heterocycles. The van der Waals surface area contributed by atoms with Crippen molar-refractivity contribution in [2.45, 2.75) is 17.6 Å². The van der Waals surface area contributed by atoms with Crippen molar-refractivity contribution in [2.24, 2.45) is 0 Å². The molecule has 2 N–H and O–H groups in total. The number of nitrogens with zero attached hydrogens (tertiary/aromatic N) is 2. The number of hydrogen-bond acceptors (Lipinski definition) is 5. The number of halogens is 1. The Morgan fingerprint density at radius 1 is 0.968 bits per heavy atom. The van der Waals surface area contributed by atoms with Gasteiger partial charge in [0.25, 0.3) is 0 Å². The quantitative estimate of drug-likeness (QED) is 0.325. The third-order valence-electron chi connectivity index (χ3n) is 4.50. The van der Waals surface area contributed by atoms with Gasteiger partial charge in [-0.15, -0.1) is 22.0 Å². The molecule has 0 bridgehead atoms. The normalized spacial score (nSPS) is 10.6. The highest BCUT2D eigenvalue weighted by Crippen LogP contribution is 2.36. The second-order valence-electron chi connectivity index (χ2n) is 6.68. The Balaban J connectivity index is 1.46. The second kappa shape index (κ2) is 9.72. The fourth-order valence-electron chi connectivity index (χ4n) is 2.89. The Morgan fingerprint density at radius 2 is 1.71 bits per heavy atom. The number of hydrogen-bond donors (Lipinski definition) is 2. The molecule has 0 unspecified atom stereocenters. The molecular formula is C23H19FN4OS2. The summed E-state index contributed by atoms with van der Waals surface area (Å²) in [6.07, 6.45) is 0. The van der Waals surface area contributed by atoms with Gasteiger partial charge in [-0.2, -0.15) is 0 Å². The predicted molar refractivity (Wildman–Crippen MR) is 125 cm³/mol. The van der Waals surface area contributed by atoms with Gasteiger partial charge in [-0.25, -0.2) is 9.18 Å². The van der Waals surface area contributed by atoms with Gasteiger partial charge >= 0.3 is 6.03 Å². The first-order valence-corrected chi connectivity index (χ1v) is 11.3. The van der Waals surface area contributed by atoms with Gasteiger partial charge in [0.2, 0.25) is 5.13 Å². The lowest BCUT2D eigenvalue weighted by atomic mass is 10.2. The minimum absolute atomic E-state index is 0.213. The van der Waals surface area contributed by atoms with Crippen LogP contribution in [0.3, 0.4) is 0 Å². The van der Waals surface area contributed by atoms with Crippen molar-refractivity contribution in [3.8, 4) is 10.6 Å². The van der Waals surface area contributed by atoms with E-state index in [1.165, 1.54) is 29.2 Å². The number of nitrogens with one attached hydrogen (secondary N) is 2. The smallest absolute Gasteiger partial charge is 0.307 e. The maximum Gasteiger partial charge on any atom is 0.325 e. The molecule has 31 heavy (non-hydrogen) atoms. The molecule has 2 amide bonds. The molecule has 4 aromatic rings. The van der Waals surface area contributed by atoms with Crippen LogP contribution in [-0.2, 0) is 5.75 Å². The molecule has 0 saturated carbocycles. The van der Waals surface area contributed by atoms with Crippen molar-refractivity contribution < 1.29 is 9.18 Å². The summed E-state index contributed by atoms with van der Waals surface area (Å²) in [6, 6.07) is 21.7. The van der Waals surface area contributed by atoms with Crippen LogP contribution >= 0.6 is 23.1 Å². The van der Waals surface area contributed by atoms with E-state index in [1.54, 1.807) is 12.1 Å². The summed E-state index contributed by atoms with van der Waals surface area (Å²) in [7, 11) is 0. The van der Waals surface area contributed by atoms with Gasteiger partial charge in [0.15, 0.2) is 5.01 Å². The molecular weight excluding hydrogens is 431 g/mol. The van der Waals surface area contributed by atoms with E-state index in [4.69, 9.17) is 0 Å². The van der Waals surface area contributed by atoms with Gasteiger partial charge in [0.1, 0.15) is 5.82 Å². The molecule has 0 aliphatic heterocycles. The lowest BCUT2D eigenvalue weighted by Gasteiger charge is -2.08. The minimum atomic E-state index is -0.376. The number of urea groups is 1. The Morgan fingerprint density at radius 3 is 2.55 bits per heavy atom. The Bertz CT molecular complexity index is 1210. The summed E-state index contributed by atoms with van der Waals surface area (Å²) in [5.41, 5.74) is 3.25. The maximum atomic E-state index is 13.9. The Kier molecular flexibility index (Phi) is 6.59. The number of carbonyl (C=O) groups is 1. The van der Waals surface area contributed by atoms with E-state index in [-0.39, 0.29) is 11.8 Å². The van der Waals surface area contributed by atoms with E-state index in [2.05, 4.69) is 20.8 Å². The van der Waals surface area contributed by atoms with Gasteiger partial charge in [0.05, 0.1) is 0 Å². The summed E-state index contributed by atoms with van der Waals surface area (Å²) < 4.78 is 13.9. The molecule has 1 aromatic heterocycles. The number of amides is 2. The first-order valence-electron chi connectivity index (χ1n) is 9.53. The van der Waals surface area contributed by atoms with Gasteiger partial charge in [0, 0.05) is 21.9 Å². The molecule has 3 aromatic carbocycles. The van der Waals surface area contributed by atoms with Crippen molar-refractivity contribution >= 4 is 39.9 Å². The van der Waals surface area contributed by atoms with E-state index in [1.807, 2.05) is 61.5 Å². The van der Waals surface area contributed by atoms with E-state index < -0.39 is 0 Å². The molecule has 0 aliphatic carbocycles. The zero-order valence-electron chi connectivity index (χ0n) is 16.6. The van der Waals surface area contributed by atoms with Crippen LogP contribution in [0.25, 0.3) is 10.6 Å². The number of benzene rings is 3. The number of rotatable bonds is 6. The number of aromatic nitrogens is 2. The summed E-state index contributed by atoms with van der Waals surface area (Å²) in [5.74, 6) is 0.293. The van der Waals surface area contributed by atoms with Crippen LogP contribution in [0.4, 0.5) is 20.0 Å². The maximum absolute atomic E-state index is 13.9. The lowest BCUT2D eigenvalue weighted by molar-refractivity contribution is 0.262. The van der Waals surface area contributed by atoms with Crippen LogP contribution in [0.5, 0.6) is 0 Å². The Hall–Kier alpha value is -3.23. The SMILES string of the molecule is Cc1ccccc1NC(=O)Nc1nnc(-c2ccccc2SCc2ccccc2F)s1. The van der Waals surface area contributed by atoms with Crippen LogP contribution in [-0.4, -0.2) is 16.2 Å². The molecule has 156 valence electrons. The topological polar surface area (TPSA) is 66.9 Å². The first-order chi connectivity index (χ1) is 15.1. The summed E-state index contributed by atoms with van der Waals surface area (Å²) in [6.45, 7) is 1.93. The average molecular weight is 451 g/mol. The fraction of sp³-hybridized carbons (Fsp3) is 0.0870. The summed E-state index contributed by atoms with van der Waals surface area (Å²) >= 11 is 2.82. The summed E-state index contributed by atoms with van der Waals surface area (Å²) in [4.78, 5) is 13.3. The molecule has 0 fully saturated rings. The van der Waals surface area contributed by atoms with Crippen LogP contribution in [0, 0.1) is 12.7 Å². The molecule has 0 aliphatic rings. The molecule has 5 nitrogen and oxygen atoms in total. The second-order valence-corrected chi connectivity index (χ2v) is 8.68. The molecule has 0 saturated heterocycles. The van der Waals surface area contributed by atoms with E-state index in [0.29, 0.717) is 21.5 Å². The van der Waals surface area contributed by atoms with E-state index >= 15 is 0 Å². The highest BCUT2D eigenvalue weighted by Gasteiger charge is 2.14. The van der Waals surface area contributed by atoms with Crippen molar-refractivity contribution in [2.75, 3.05) is 10.6 Å². The number of aryl methyl sites for hydroxylation is 1. The van der Waals surface area contributed by atoms with Crippen LogP contribution < -0.4 is 10.6 Å². The zero-order valence-corrected chi connectivity index (χ0v) is 18.3. The highest BCUT2D eigenvalue weighted by atomic mass is 32.2. The number of anilines is 2. The lowest BCUT2D eigenvalue weighted by Crippen LogP contribution is -2.19. The average Bonchev–Trinajstić information content (AvgIpc) is 3.23. The molecule has 0 atom stereocenters. The number of para-hydroxylation sites is 1. The third kappa shape index (κ3) is 5.28. The molecule has 0 radical (unpaired) electrons. The van der Waals surface area contributed by atoms with Crippen molar-refractivity contribution in [3.63, 3.8) is 0 Å². The standard InChI is InChI=1S/C23H19FN4OS2/c1-15-8-2-6-12-19(15)25-22(29)26-23-28-27-21(31-23)17-10-4-7-13-20(17)30-14-16-9-3-5-11-18(16)24/h2-13H,14H2,1H3,(H2,25,26,28,29). The van der Waals surface area contributed by atoms with Crippen LogP contribution in [0.2, 0.25) is 0 Å². The van der Waals surface area contributed by atoms with Crippen LogP contribution in [0.1, 0.15) is 11.1 Å². The van der Waals surface area contributed by atoms with Gasteiger partial charge < -0.3 is 5.32 Å². The molecule has 0 spiro atoms. The van der Waals surface area contributed by atoms with Gasteiger partial charge in [-0.1, -0.05) is 65.9 Å². The van der Waals surface area contributed by atoms with E-state index in [0.717, 1.165) is 21.7 Å². The largest absolute Gasteiger partial charge is 0.325 e. The zero-order chi connectivity index (χ0) is 21.6.